The van der Waals surface area contributed by atoms with Gasteiger partial charge in [0.15, 0.2) is 0 Å². The zero-order valence-electron chi connectivity index (χ0n) is 16.8. The number of alkyl halides is 3. The standard InChI is InChI=1S/C23H17F3N2O3S/c1-13-19(31-22(27-13)14-6-8-15(9-7-14)23(24,25)26)12-32-20-10-16(11-21(29)30)28-18-5-3-2-4-17(18)20/h2-10H,11-12H2,1H3,(H,29,30). The molecule has 0 aliphatic rings. The molecule has 0 unspecified atom stereocenters. The van der Waals surface area contributed by atoms with E-state index in [-0.39, 0.29) is 12.3 Å². The molecule has 9 heteroatoms. The van der Waals surface area contributed by atoms with E-state index in [1.165, 1.54) is 23.9 Å². The maximum Gasteiger partial charge on any atom is 0.416 e. The lowest BCUT2D eigenvalue weighted by Crippen LogP contribution is -2.03. The molecule has 0 spiro atoms. The molecule has 2 aromatic carbocycles. The SMILES string of the molecule is Cc1nc(-c2ccc(C(F)(F)F)cc2)oc1CSc1cc(CC(=O)O)nc2ccccc12. The van der Waals surface area contributed by atoms with Crippen molar-refractivity contribution in [2.24, 2.45) is 0 Å². The summed E-state index contributed by atoms with van der Waals surface area (Å²) < 4.78 is 44.2. The molecule has 0 aliphatic heterocycles. The number of rotatable bonds is 6. The highest BCUT2D eigenvalue weighted by Gasteiger charge is 2.30. The van der Waals surface area contributed by atoms with E-state index < -0.39 is 17.7 Å². The Kier molecular flexibility index (Phi) is 5.92. The number of para-hydroxylation sites is 1. The Morgan fingerprint density at radius 1 is 1.09 bits per heavy atom. The largest absolute Gasteiger partial charge is 0.481 e. The minimum Gasteiger partial charge on any atom is -0.481 e. The van der Waals surface area contributed by atoms with Crippen LogP contribution in [0.25, 0.3) is 22.4 Å². The second kappa shape index (κ2) is 8.66. The summed E-state index contributed by atoms with van der Waals surface area (Å²) in [5.74, 6) is 0.291. The summed E-state index contributed by atoms with van der Waals surface area (Å²) in [6.45, 7) is 1.77. The molecule has 0 aliphatic carbocycles. The van der Waals surface area contributed by atoms with Crippen molar-refractivity contribution in [2.75, 3.05) is 0 Å². The minimum absolute atomic E-state index is 0.183. The van der Waals surface area contributed by atoms with Crippen LogP contribution >= 0.6 is 11.8 Å². The Hall–Kier alpha value is -3.33. The predicted molar refractivity (Wildman–Crippen MR) is 114 cm³/mol. The van der Waals surface area contributed by atoms with E-state index in [0.29, 0.717) is 34.0 Å². The van der Waals surface area contributed by atoms with Gasteiger partial charge in [-0.3, -0.25) is 9.78 Å². The smallest absolute Gasteiger partial charge is 0.416 e. The van der Waals surface area contributed by atoms with Gasteiger partial charge in [0.1, 0.15) is 5.76 Å². The lowest BCUT2D eigenvalue weighted by molar-refractivity contribution is -0.138. The van der Waals surface area contributed by atoms with Crippen LogP contribution in [0.3, 0.4) is 0 Å². The number of carboxylic acids is 1. The van der Waals surface area contributed by atoms with Gasteiger partial charge in [0.25, 0.3) is 0 Å². The van der Waals surface area contributed by atoms with Gasteiger partial charge in [0, 0.05) is 15.8 Å². The topological polar surface area (TPSA) is 76.2 Å². The summed E-state index contributed by atoms with van der Waals surface area (Å²) >= 11 is 1.46. The molecule has 0 saturated heterocycles. The van der Waals surface area contributed by atoms with Gasteiger partial charge >= 0.3 is 12.1 Å². The Morgan fingerprint density at radius 2 is 1.81 bits per heavy atom. The van der Waals surface area contributed by atoms with Crippen LogP contribution in [-0.4, -0.2) is 21.0 Å². The van der Waals surface area contributed by atoms with Crippen molar-refractivity contribution in [1.82, 2.24) is 9.97 Å². The van der Waals surface area contributed by atoms with Crippen LogP contribution in [0.2, 0.25) is 0 Å². The molecule has 164 valence electrons. The molecule has 5 nitrogen and oxygen atoms in total. The maximum atomic E-state index is 12.8. The Morgan fingerprint density at radius 3 is 2.50 bits per heavy atom. The van der Waals surface area contributed by atoms with Crippen molar-refractivity contribution in [3.05, 3.63) is 77.3 Å². The molecular weight excluding hydrogens is 441 g/mol. The Bertz CT molecular complexity index is 1280. The fourth-order valence-corrected chi connectivity index (χ4v) is 4.29. The maximum absolute atomic E-state index is 12.8. The molecule has 0 fully saturated rings. The molecule has 0 saturated carbocycles. The fraction of sp³-hybridized carbons (Fsp3) is 0.174. The normalized spacial score (nSPS) is 11.8. The molecule has 0 amide bonds. The van der Waals surface area contributed by atoms with E-state index in [1.807, 2.05) is 24.3 Å². The van der Waals surface area contributed by atoms with Gasteiger partial charge in [0.05, 0.1) is 34.6 Å². The quantitative estimate of drug-likeness (QED) is 0.350. The third-order valence-electron chi connectivity index (χ3n) is 4.77. The summed E-state index contributed by atoms with van der Waals surface area (Å²) in [7, 11) is 0. The molecule has 4 aromatic rings. The van der Waals surface area contributed by atoms with Gasteiger partial charge in [-0.2, -0.15) is 13.2 Å². The number of aliphatic carboxylic acids is 1. The van der Waals surface area contributed by atoms with Gasteiger partial charge < -0.3 is 9.52 Å². The molecule has 1 N–H and O–H groups in total. The number of hydrogen-bond acceptors (Lipinski definition) is 5. The zero-order chi connectivity index (χ0) is 22.9. The van der Waals surface area contributed by atoms with Gasteiger partial charge in [0.2, 0.25) is 5.89 Å². The minimum atomic E-state index is -4.40. The number of carboxylic acid groups (broad SMARTS) is 1. The van der Waals surface area contributed by atoms with Crippen molar-refractivity contribution in [3.8, 4) is 11.5 Å². The number of nitrogens with zero attached hydrogens (tertiary/aromatic N) is 2. The highest BCUT2D eigenvalue weighted by molar-refractivity contribution is 7.98. The third kappa shape index (κ3) is 4.77. The van der Waals surface area contributed by atoms with Gasteiger partial charge in [-0.15, -0.1) is 11.8 Å². The van der Waals surface area contributed by atoms with E-state index in [4.69, 9.17) is 9.52 Å². The highest BCUT2D eigenvalue weighted by Crippen LogP contribution is 2.34. The molecule has 0 bridgehead atoms. The number of hydrogen-bond donors (Lipinski definition) is 1. The van der Waals surface area contributed by atoms with Crippen molar-refractivity contribution < 1.29 is 27.5 Å². The number of aromatic nitrogens is 2. The average molecular weight is 458 g/mol. The first-order chi connectivity index (χ1) is 15.2. The highest BCUT2D eigenvalue weighted by atomic mass is 32.2. The van der Waals surface area contributed by atoms with Crippen LogP contribution in [0, 0.1) is 6.92 Å². The second-order valence-corrected chi connectivity index (χ2v) is 8.11. The van der Waals surface area contributed by atoms with E-state index in [0.717, 1.165) is 22.4 Å². The summed E-state index contributed by atoms with van der Waals surface area (Å²) in [6.07, 6.45) is -4.59. The summed E-state index contributed by atoms with van der Waals surface area (Å²) in [5.41, 5.74) is 1.51. The molecule has 2 heterocycles. The summed E-state index contributed by atoms with van der Waals surface area (Å²) in [4.78, 5) is 20.7. The molecule has 32 heavy (non-hydrogen) atoms. The average Bonchev–Trinajstić information content (AvgIpc) is 3.11. The van der Waals surface area contributed by atoms with Crippen LogP contribution < -0.4 is 0 Å². The van der Waals surface area contributed by atoms with Crippen molar-refractivity contribution in [2.45, 2.75) is 30.2 Å². The number of fused-ring (bicyclic) bond motifs is 1. The number of aryl methyl sites for hydroxylation is 1. The van der Waals surface area contributed by atoms with E-state index in [9.17, 15) is 18.0 Å². The number of pyridine rings is 1. The predicted octanol–water partition coefficient (Wildman–Crippen LogP) is 6.14. The summed E-state index contributed by atoms with van der Waals surface area (Å²) in [5, 5.41) is 10.0. The van der Waals surface area contributed by atoms with Crippen molar-refractivity contribution in [3.63, 3.8) is 0 Å². The number of oxazole rings is 1. The van der Waals surface area contributed by atoms with Gasteiger partial charge in [-0.25, -0.2) is 4.98 Å². The third-order valence-corrected chi connectivity index (χ3v) is 5.83. The molecule has 0 radical (unpaired) electrons. The van der Waals surface area contributed by atoms with Crippen molar-refractivity contribution in [1.29, 1.82) is 0 Å². The van der Waals surface area contributed by atoms with E-state index >= 15 is 0 Å². The van der Waals surface area contributed by atoms with E-state index in [2.05, 4.69) is 9.97 Å². The van der Waals surface area contributed by atoms with Gasteiger partial charge in [-0.1, -0.05) is 18.2 Å². The Labute approximate surface area is 185 Å². The van der Waals surface area contributed by atoms with Crippen LogP contribution in [0.1, 0.15) is 22.7 Å². The van der Waals surface area contributed by atoms with E-state index in [1.54, 1.807) is 13.0 Å². The fourth-order valence-electron chi connectivity index (χ4n) is 3.19. The zero-order valence-corrected chi connectivity index (χ0v) is 17.6. The van der Waals surface area contributed by atoms with Crippen LogP contribution in [0.4, 0.5) is 13.2 Å². The summed E-state index contributed by atoms with van der Waals surface area (Å²) in [6, 6.07) is 13.9. The first-order valence-corrected chi connectivity index (χ1v) is 10.6. The first-order valence-electron chi connectivity index (χ1n) is 9.58. The molecule has 4 rings (SSSR count). The number of benzene rings is 2. The van der Waals surface area contributed by atoms with Gasteiger partial charge in [-0.05, 0) is 43.3 Å². The number of halogens is 3. The number of thioether (sulfide) groups is 1. The molecular formula is C23H17F3N2O3S. The number of carbonyl (C=O) groups is 1. The van der Waals surface area contributed by atoms with Crippen molar-refractivity contribution >= 4 is 28.6 Å². The van der Waals surface area contributed by atoms with Crippen LogP contribution in [-0.2, 0) is 23.1 Å². The van der Waals surface area contributed by atoms with Crippen LogP contribution in [0.5, 0.6) is 0 Å². The molecule has 0 atom stereocenters. The lowest BCUT2D eigenvalue weighted by Gasteiger charge is -2.08. The monoisotopic (exact) mass is 458 g/mol. The Balaban J connectivity index is 1.58. The second-order valence-electron chi connectivity index (χ2n) is 7.09. The lowest BCUT2D eigenvalue weighted by atomic mass is 10.1. The van der Waals surface area contributed by atoms with Crippen LogP contribution in [0.15, 0.2) is 63.9 Å². The first kappa shape index (κ1) is 21.9. The molecule has 2 aromatic heterocycles.